The minimum atomic E-state index is -4.72. The number of hydrogen-bond acceptors (Lipinski definition) is 3. The van der Waals surface area contributed by atoms with Crippen molar-refractivity contribution in [3.05, 3.63) is 58.7 Å². The number of allylic oxidation sites excluding steroid dienone is 1. The minimum absolute atomic E-state index is 0.190. The first kappa shape index (κ1) is 18.6. The third-order valence-electron chi connectivity index (χ3n) is 3.78. The van der Waals surface area contributed by atoms with Crippen LogP contribution in [-0.4, -0.2) is 6.36 Å². The molecule has 0 unspecified atom stereocenters. The number of alkyl halides is 3. The molecule has 0 aliphatic heterocycles. The first-order valence-electron chi connectivity index (χ1n) is 7.56. The number of hydrogen-bond donors (Lipinski definition) is 1. The van der Waals surface area contributed by atoms with Gasteiger partial charge in [0.15, 0.2) is 0 Å². The Labute approximate surface area is 144 Å². The van der Waals surface area contributed by atoms with Crippen LogP contribution in [0.4, 0.5) is 13.2 Å². The van der Waals surface area contributed by atoms with E-state index in [-0.39, 0.29) is 12.3 Å². The molecule has 0 saturated heterocycles. The molecule has 6 heteroatoms. The smallest absolute Gasteiger partial charge is 0.406 e. The molecule has 2 aromatic rings. The fraction of sp³-hybridized carbons (Fsp3) is 0.211. The van der Waals surface area contributed by atoms with Gasteiger partial charge >= 0.3 is 6.36 Å². The van der Waals surface area contributed by atoms with E-state index in [2.05, 4.69) is 10.8 Å². The van der Waals surface area contributed by atoms with Crippen molar-refractivity contribution < 1.29 is 17.9 Å². The van der Waals surface area contributed by atoms with Crippen molar-refractivity contribution in [1.29, 1.82) is 5.26 Å². The largest absolute Gasteiger partial charge is 0.573 e. The van der Waals surface area contributed by atoms with Crippen molar-refractivity contribution in [1.82, 2.24) is 0 Å². The number of nitrogens with zero attached hydrogens (tertiary/aromatic N) is 1. The number of ether oxygens (including phenoxy) is 1. The molecule has 0 amide bonds. The lowest BCUT2D eigenvalue weighted by atomic mass is 9.89. The SMILES string of the molecule is C/C=C\c1c(C)c(-c2ccc(OC(F)(F)F)cc2)cc(CN)c1C#N. The number of halogens is 3. The molecule has 2 rings (SSSR count). The van der Waals surface area contributed by atoms with Crippen LogP contribution < -0.4 is 10.5 Å². The van der Waals surface area contributed by atoms with Gasteiger partial charge in [0, 0.05) is 6.54 Å². The summed E-state index contributed by atoms with van der Waals surface area (Å²) in [5.41, 5.74) is 10.1. The minimum Gasteiger partial charge on any atom is -0.406 e. The summed E-state index contributed by atoms with van der Waals surface area (Å²) in [6.07, 6.45) is -1.07. The van der Waals surface area contributed by atoms with Crippen molar-refractivity contribution in [3.63, 3.8) is 0 Å². The third kappa shape index (κ3) is 4.20. The van der Waals surface area contributed by atoms with Gasteiger partial charge in [-0.3, -0.25) is 0 Å². The van der Waals surface area contributed by atoms with E-state index in [9.17, 15) is 18.4 Å². The molecule has 130 valence electrons. The lowest BCUT2D eigenvalue weighted by molar-refractivity contribution is -0.274. The van der Waals surface area contributed by atoms with Crippen LogP contribution in [0.5, 0.6) is 5.75 Å². The van der Waals surface area contributed by atoms with Gasteiger partial charge in [-0.2, -0.15) is 5.26 Å². The molecular formula is C19H17F3N2O. The van der Waals surface area contributed by atoms with Gasteiger partial charge in [0.25, 0.3) is 0 Å². The molecule has 0 fully saturated rings. The van der Waals surface area contributed by atoms with Gasteiger partial charge < -0.3 is 10.5 Å². The van der Waals surface area contributed by atoms with Gasteiger partial charge in [-0.1, -0.05) is 24.3 Å². The molecule has 2 aromatic carbocycles. The highest BCUT2D eigenvalue weighted by molar-refractivity contribution is 5.77. The molecule has 0 aliphatic carbocycles. The summed E-state index contributed by atoms with van der Waals surface area (Å²) >= 11 is 0. The summed E-state index contributed by atoms with van der Waals surface area (Å²) in [4.78, 5) is 0. The van der Waals surface area contributed by atoms with Gasteiger partial charge in [0.1, 0.15) is 11.8 Å². The van der Waals surface area contributed by atoms with Crippen LogP contribution in [0.1, 0.15) is 29.2 Å². The quantitative estimate of drug-likeness (QED) is 0.854. The van der Waals surface area contributed by atoms with Crippen LogP contribution in [0.15, 0.2) is 36.4 Å². The summed E-state index contributed by atoms with van der Waals surface area (Å²) in [5.74, 6) is -0.282. The van der Waals surface area contributed by atoms with Crippen LogP contribution in [0, 0.1) is 18.3 Å². The van der Waals surface area contributed by atoms with E-state index in [1.54, 1.807) is 18.2 Å². The number of nitriles is 1. The molecule has 0 atom stereocenters. The Hall–Kier alpha value is -2.78. The normalized spacial score (nSPS) is 11.6. The van der Waals surface area contributed by atoms with E-state index in [0.29, 0.717) is 11.1 Å². The number of benzene rings is 2. The predicted octanol–water partition coefficient (Wildman–Crippen LogP) is 4.92. The fourth-order valence-electron chi connectivity index (χ4n) is 2.66. The Bertz CT molecular complexity index is 832. The summed E-state index contributed by atoms with van der Waals surface area (Å²) in [6.45, 7) is 3.90. The zero-order valence-electron chi connectivity index (χ0n) is 13.8. The number of rotatable bonds is 4. The van der Waals surface area contributed by atoms with E-state index < -0.39 is 6.36 Å². The first-order valence-corrected chi connectivity index (χ1v) is 7.56. The Morgan fingerprint density at radius 3 is 2.36 bits per heavy atom. The van der Waals surface area contributed by atoms with Gasteiger partial charge in [-0.15, -0.1) is 13.2 Å². The summed E-state index contributed by atoms with van der Waals surface area (Å²) in [6, 6.07) is 9.61. The van der Waals surface area contributed by atoms with Gasteiger partial charge in [-0.25, -0.2) is 0 Å². The zero-order valence-corrected chi connectivity index (χ0v) is 13.8. The molecule has 0 spiro atoms. The van der Waals surface area contributed by atoms with Crippen molar-refractivity contribution in [3.8, 4) is 22.9 Å². The molecule has 0 heterocycles. The second-order valence-corrected chi connectivity index (χ2v) is 5.39. The highest BCUT2D eigenvalue weighted by Gasteiger charge is 2.31. The maximum Gasteiger partial charge on any atom is 0.573 e. The zero-order chi connectivity index (χ0) is 18.6. The topological polar surface area (TPSA) is 59.0 Å². The van der Waals surface area contributed by atoms with E-state index in [4.69, 9.17) is 5.73 Å². The molecule has 0 bridgehead atoms. The molecule has 25 heavy (non-hydrogen) atoms. The van der Waals surface area contributed by atoms with Crippen LogP contribution in [0.3, 0.4) is 0 Å². The predicted molar refractivity (Wildman–Crippen MR) is 90.6 cm³/mol. The first-order chi connectivity index (χ1) is 11.8. The monoisotopic (exact) mass is 346 g/mol. The van der Waals surface area contributed by atoms with Crippen molar-refractivity contribution >= 4 is 6.08 Å². The Morgan fingerprint density at radius 2 is 1.88 bits per heavy atom. The van der Waals surface area contributed by atoms with Crippen LogP contribution >= 0.6 is 0 Å². The average molecular weight is 346 g/mol. The molecule has 3 nitrogen and oxygen atoms in total. The second-order valence-electron chi connectivity index (χ2n) is 5.39. The lowest BCUT2D eigenvalue weighted by Gasteiger charge is -2.15. The maximum atomic E-state index is 12.3. The van der Waals surface area contributed by atoms with E-state index in [1.165, 1.54) is 12.1 Å². The average Bonchev–Trinajstić information content (AvgIpc) is 2.56. The van der Waals surface area contributed by atoms with Crippen LogP contribution in [0.2, 0.25) is 0 Å². The molecule has 0 radical (unpaired) electrons. The Morgan fingerprint density at radius 1 is 1.24 bits per heavy atom. The highest BCUT2D eigenvalue weighted by Crippen LogP contribution is 2.33. The van der Waals surface area contributed by atoms with E-state index >= 15 is 0 Å². The van der Waals surface area contributed by atoms with Crippen molar-refractivity contribution in [2.75, 3.05) is 0 Å². The van der Waals surface area contributed by atoms with Crippen LogP contribution in [-0.2, 0) is 6.54 Å². The molecule has 0 aliphatic rings. The van der Waals surface area contributed by atoms with Gasteiger partial charge in [0.2, 0.25) is 0 Å². The summed E-state index contributed by atoms with van der Waals surface area (Å²) in [7, 11) is 0. The molecule has 0 aromatic heterocycles. The van der Waals surface area contributed by atoms with E-state index in [1.807, 2.05) is 26.0 Å². The number of nitrogens with two attached hydrogens (primary N) is 1. The fourth-order valence-corrected chi connectivity index (χ4v) is 2.66. The summed E-state index contributed by atoms with van der Waals surface area (Å²) in [5, 5.41) is 9.42. The third-order valence-corrected chi connectivity index (χ3v) is 3.78. The van der Waals surface area contributed by atoms with Crippen molar-refractivity contribution in [2.24, 2.45) is 5.73 Å². The molecule has 0 saturated carbocycles. The Kier molecular flexibility index (Phi) is 5.50. The van der Waals surface area contributed by atoms with Gasteiger partial charge in [-0.05, 0) is 59.9 Å². The van der Waals surface area contributed by atoms with E-state index in [0.717, 1.165) is 22.3 Å². The van der Waals surface area contributed by atoms with Crippen LogP contribution in [0.25, 0.3) is 17.2 Å². The molecule has 2 N–H and O–H groups in total. The maximum absolute atomic E-state index is 12.3. The lowest BCUT2D eigenvalue weighted by Crippen LogP contribution is -2.16. The second kappa shape index (κ2) is 7.41. The molecular weight excluding hydrogens is 329 g/mol. The van der Waals surface area contributed by atoms with Crippen molar-refractivity contribution in [2.45, 2.75) is 26.8 Å². The van der Waals surface area contributed by atoms with Gasteiger partial charge in [0.05, 0.1) is 5.56 Å². The highest BCUT2D eigenvalue weighted by atomic mass is 19.4. The summed E-state index contributed by atoms with van der Waals surface area (Å²) < 4.78 is 40.7. The Balaban J connectivity index is 2.56. The standard InChI is InChI=1S/C19H17F3N2O/c1-3-4-16-12(2)17(9-14(10-23)18(16)11-24)13-5-7-15(8-6-13)25-19(20,21)22/h3-9H,10,23H2,1-2H3/b4-3-.